The van der Waals surface area contributed by atoms with Crippen LogP contribution in [-0.4, -0.2) is 7.05 Å². The first-order valence-corrected chi connectivity index (χ1v) is 5.55. The van der Waals surface area contributed by atoms with Crippen LogP contribution in [0.5, 0.6) is 0 Å². The zero-order chi connectivity index (χ0) is 10.6. The van der Waals surface area contributed by atoms with Crippen LogP contribution in [0.2, 0.25) is 0 Å². The van der Waals surface area contributed by atoms with Crippen LogP contribution in [0.15, 0.2) is 30.3 Å². The number of hydrogen-bond donors (Lipinski definition) is 1. The van der Waals surface area contributed by atoms with Gasteiger partial charge in [-0.1, -0.05) is 56.5 Å². The third kappa shape index (κ3) is 6.67. The second-order valence-corrected chi connectivity index (χ2v) is 3.30. The topological polar surface area (TPSA) is 26.0 Å². The van der Waals surface area contributed by atoms with E-state index in [0.717, 1.165) is 0 Å². The van der Waals surface area contributed by atoms with E-state index in [2.05, 4.69) is 43.0 Å². The fourth-order valence-corrected chi connectivity index (χ4v) is 1.40. The summed E-state index contributed by atoms with van der Waals surface area (Å²) >= 11 is 0. The summed E-state index contributed by atoms with van der Waals surface area (Å²) in [6.07, 6.45) is 6.69. The molecule has 0 unspecified atom stereocenters. The fourth-order valence-electron chi connectivity index (χ4n) is 1.40. The summed E-state index contributed by atoms with van der Waals surface area (Å²) in [5.41, 5.74) is 5.98. The van der Waals surface area contributed by atoms with E-state index in [1.807, 2.05) is 0 Å². The van der Waals surface area contributed by atoms with Crippen LogP contribution in [0.1, 0.15) is 38.2 Å². The van der Waals surface area contributed by atoms with Crippen LogP contribution in [0, 0.1) is 0 Å². The molecule has 1 aromatic rings. The number of unbranched alkanes of at least 4 members (excludes halogenated alkanes) is 3. The van der Waals surface area contributed by atoms with Crippen LogP contribution in [0.25, 0.3) is 0 Å². The summed E-state index contributed by atoms with van der Waals surface area (Å²) in [6.45, 7) is 2.25. The molecule has 0 radical (unpaired) electrons. The van der Waals surface area contributed by atoms with E-state index < -0.39 is 0 Å². The quantitative estimate of drug-likeness (QED) is 0.713. The van der Waals surface area contributed by atoms with Gasteiger partial charge in [0.2, 0.25) is 0 Å². The average molecular weight is 193 g/mol. The monoisotopic (exact) mass is 193 g/mol. The molecule has 0 aliphatic rings. The molecule has 0 fully saturated rings. The van der Waals surface area contributed by atoms with E-state index in [0.29, 0.717) is 0 Å². The molecule has 0 spiro atoms. The highest BCUT2D eigenvalue weighted by atomic mass is 14.4. The Balaban J connectivity index is 0.000000791. The van der Waals surface area contributed by atoms with Gasteiger partial charge in [0.15, 0.2) is 0 Å². The van der Waals surface area contributed by atoms with Crippen molar-refractivity contribution in [3.8, 4) is 0 Å². The molecule has 14 heavy (non-hydrogen) atoms. The average Bonchev–Trinajstić information content (AvgIpc) is 2.29. The van der Waals surface area contributed by atoms with Crippen LogP contribution in [0.4, 0.5) is 0 Å². The Labute approximate surface area is 88.3 Å². The number of aryl methyl sites for hydroxylation is 1. The number of nitrogens with two attached hydrogens (primary N) is 1. The summed E-state index contributed by atoms with van der Waals surface area (Å²) in [7, 11) is 1.50. The summed E-state index contributed by atoms with van der Waals surface area (Å²) < 4.78 is 0. The van der Waals surface area contributed by atoms with Gasteiger partial charge in [0, 0.05) is 0 Å². The Bertz CT molecular complexity index is 194. The van der Waals surface area contributed by atoms with Gasteiger partial charge in [0.05, 0.1) is 0 Å². The van der Waals surface area contributed by atoms with E-state index in [1.165, 1.54) is 44.7 Å². The van der Waals surface area contributed by atoms with Gasteiger partial charge in [0.1, 0.15) is 0 Å². The van der Waals surface area contributed by atoms with Crippen molar-refractivity contribution in [1.82, 2.24) is 0 Å². The molecule has 0 atom stereocenters. The predicted octanol–water partition coefficient (Wildman–Crippen LogP) is 3.38. The summed E-state index contributed by atoms with van der Waals surface area (Å²) in [5, 5.41) is 0. The number of hydrogen-bond acceptors (Lipinski definition) is 1. The zero-order valence-corrected chi connectivity index (χ0v) is 9.50. The van der Waals surface area contributed by atoms with Crippen LogP contribution >= 0.6 is 0 Å². The normalized spacial score (nSPS) is 9.07. The first-order valence-electron chi connectivity index (χ1n) is 5.55. The maximum atomic E-state index is 4.50. The molecular formula is C13H23N. The molecule has 0 bridgehead atoms. The van der Waals surface area contributed by atoms with Crippen molar-refractivity contribution >= 4 is 0 Å². The van der Waals surface area contributed by atoms with Gasteiger partial charge in [0.25, 0.3) is 0 Å². The van der Waals surface area contributed by atoms with Crippen molar-refractivity contribution in [2.45, 2.75) is 39.0 Å². The van der Waals surface area contributed by atoms with Gasteiger partial charge in [-0.25, -0.2) is 0 Å². The molecule has 1 aromatic carbocycles. The maximum Gasteiger partial charge on any atom is -0.0195 e. The SMILES string of the molecule is CCCCCCc1ccccc1.CN. The Morgan fingerprint density at radius 2 is 1.57 bits per heavy atom. The van der Waals surface area contributed by atoms with Gasteiger partial charge in [-0.3, -0.25) is 0 Å². The van der Waals surface area contributed by atoms with Crippen molar-refractivity contribution < 1.29 is 0 Å². The van der Waals surface area contributed by atoms with Crippen molar-refractivity contribution in [3.63, 3.8) is 0 Å². The van der Waals surface area contributed by atoms with Crippen LogP contribution in [-0.2, 0) is 6.42 Å². The summed E-state index contributed by atoms with van der Waals surface area (Å²) in [6, 6.07) is 10.7. The van der Waals surface area contributed by atoms with Crippen LogP contribution in [0.3, 0.4) is 0 Å². The Morgan fingerprint density at radius 1 is 0.929 bits per heavy atom. The number of rotatable bonds is 5. The van der Waals surface area contributed by atoms with Gasteiger partial charge < -0.3 is 5.73 Å². The Kier molecular flexibility index (Phi) is 9.66. The molecule has 0 aromatic heterocycles. The second kappa shape index (κ2) is 10.3. The van der Waals surface area contributed by atoms with Gasteiger partial charge in [-0.2, -0.15) is 0 Å². The molecule has 0 saturated carbocycles. The molecule has 1 rings (SSSR count). The lowest BCUT2D eigenvalue weighted by molar-refractivity contribution is 0.667. The molecule has 1 heteroatoms. The van der Waals surface area contributed by atoms with Gasteiger partial charge in [-0.05, 0) is 25.5 Å². The molecule has 0 aliphatic carbocycles. The van der Waals surface area contributed by atoms with E-state index in [1.54, 1.807) is 0 Å². The van der Waals surface area contributed by atoms with Crippen molar-refractivity contribution in [2.24, 2.45) is 5.73 Å². The van der Waals surface area contributed by atoms with E-state index in [9.17, 15) is 0 Å². The fraction of sp³-hybridized carbons (Fsp3) is 0.538. The molecule has 0 heterocycles. The standard InChI is InChI=1S/C12H18.CH5N/c1-2-3-4-6-9-12-10-7-5-8-11-12;1-2/h5,7-8,10-11H,2-4,6,9H2,1H3;2H2,1H3. The molecule has 0 saturated heterocycles. The Morgan fingerprint density at radius 3 is 2.14 bits per heavy atom. The minimum absolute atomic E-state index is 1.25. The van der Waals surface area contributed by atoms with E-state index in [4.69, 9.17) is 0 Å². The third-order valence-corrected chi connectivity index (χ3v) is 2.16. The smallest absolute Gasteiger partial charge is 0.0195 e. The molecule has 2 N–H and O–H groups in total. The lowest BCUT2D eigenvalue weighted by Gasteiger charge is -1.99. The van der Waals surface area contributed by atoms with Gasteiger partial charge >= 0.3 is 0 Å². The lowest BCUT2D eigenvalue weighted by atomic mass is 10.1. The first kappa shape index (κ1) is 13.2. The zero-order valence-electron chi connectivity index (χ0n) is 9.50. The highest BCUT2D eigenvalue weighted by molar-refractivity contribution is 5.14. The molecule has 80 valence electrons. The maximum absolute atomic E-state index is 4.50. The van der Waals surface area contributed by atoms with E-state index >= 15 is 0 Å². The van der Waals surface area contributed by atoms with Gasteiger partial charge in [-0.15, -0.1) is 0 Å². The molecule has 0 amide bonds. The minimum atomic E-state index is 1.25. The Hall–Kier alpha value is -0.820. The highest BCUT2D eigenvalue weighted by Gasteiger charge is 1.90. The lowest BCUT2D eigenvalue weighted by Crippen LogP contribution is -1.84. The molecule has 1 nitrogen and oxygen atoms in total. The minimum Gasteiger partial charge on any atom is -0.333 e. The van der Waals surface area contributed by atoms with Crippen LogP contribution < -0.4 is 5.73 Å². The predicted molar refractivity (Wildman–Crippen MR) is 64.4 cm³/mol. The van der Waals surface area contributed by atoms with Crippen molar-refractivity contribution in [3.05, 3.63) is 35.9 Å². The number of benzene rings is 1. The van der Waals surface area contributed by atoms with E-state index in [-0.39, 0.29) is 0 Å². The third-order valence-electron chi connectivity index (χ3n) is 2.16. The van der Waals surface area contributed by atoms with Crippen molar-refractivity contribution in [1.29, 1.82) is 0 Å². The molecular weight excluding hydrogens is 170 g/mol. The second-order valence-electron chi connectivity index (χ2n) is 3.30. The largest absolute Gasteiger partial charge is 0.333 e. The van der Waals surface area contributed by atoms with Crippen molar-refractivity contribution in [2.75, 3.05) is 7.05 Å². The first-order chi connectivity index (χ1) is 6.93. The summed E-state index contributed by atoms with van der Waals surface area (Å²) in [4.78, 5) is 0. The molecule has 0 aliphatic heterocycles. The highest BCUT2D eigenvalue weighted by Crippen LogP contribution is 2.06. The summed E-state index contributed by atoms with van der Waals surface area (Å²) in [5.74, 6) is 0.